The van der Waals surface area contributed by atoms with E-state index in [1.807, 2.05) is 31.2 Å². The van der Waals surface area contributed by atoms with Gasteiger partial charge in [-0.15, -0.1) is 0 Å². The van der Waals surface area contributed by atoms with Crippen LogP contribution in [0.2, 0.25) is 5.02 Å². The van der Waals surface area contributed by atoms with Gasteiger partial charge in [-0.25, -0.2) is 13.1 Å². The van der Waals surface area contributed by atoms with Crippen molar-refractivity contribution in [3.63, 3.8) is 0 Å². The Kier molecular flexibility index (Phi) is 4.58. The molecule has 1 N–H and O–H groups in total. The van der Waals surface area contributed by atoms with Crippen LogP contribution in [0.3, 0.4) is 0 Å². The van der Waals surface area contributed by atoms with Gasteiger partial charge in [-0.2, -0.15) is 0 Å². The fourth-order valence-corrected chi connectivity index (χ4v) is 4.35. The molecule has 2 aromatic carbocycles. The van der Waals surface area contributed by atoms with Crippen molar-refractivity contribution in [2.75, 3.05) is 0 Å². The molecular formula is C18H17ClN2O2S. The fraction of sp³-hybridized carbons (Fsp3) is 0.167. The number of rotatable bonds is 4. The van der Waals surface area contributed by atoms with Crippen molar-refractivity contribution < 1.29 is 8.42 Å². The van der Waals surface area contributed by atoms with E-state index in [-0.39, 0.29) is 4.90 Å². The first-order valence-corrected chi connectivity index (χ1v) is 9.37. The predicted octanol–water partition coefficient (Wildman–Crippen LogP) is 4.24. The molecule has 24 heavy (non-hydrogen) atoms. The molecule has 0 radical (unpaired) electrons. The third kappa shape index (κ3) is 3.29. The lowest BCUT2D eigenvalue weighted by Crippen LogP contribution is -2.27. The van der Waals surface area contributed by atoms with Gasteiger partial charge in [-0.05, 0) is 43.2 Å². The lowest BCUT2D eigenvalue weighted by atomic mass is 10.1. The van der Waals surface area contributed by atoms with Crippen LogP contribution in [-0.4, -0.2) is 13.4 Å². The van der Waals surface area contributed by atoms with Crippen molar-refractivity contribution in [1.29, 1.82) is 0 Å². The lowest BCUT2D eigenvalue weighted by Gasteiger charge is -2.16. The van der Waals surface area contributed by atoms with E-state index in [1.54, 1.807) is 37.4 Å². The second-order valence-corrected chi connectivity index (χ2v) is 7.79. The number of nitrogens with one attached hydrogen (secondary N) is 1. The summed E-state index contributed by atoms with van der Waals surface area (Å²) >= 11 is 6.16. The van der Waals surface area contributed by atoms with Gasteiger partial charge in [0, 0.05) is 22.6 Å². The summed E-state index contributed by atoms with van der Waals surface area (Å²) in [5, 5.41) is 1.32. The van der Waals surface area contributed by atoms with Crippen molar-refractivity contribution in [2.45, 2.75) is 24.8 Å². The Morgan fingerprint density at radius 3 is 2.62 bits per heavy atom. The van der Waals surface area contributed by atoms with Crippen LogP contribution < -0.4 is 4.72 Å². The average molecular weight is 361 g/mol. The Morgan fingerprint density at radius 2 is 1.88 bits per heavy atom. The molecule has 3 aromatic rings. The molecule has 124 valence electrons. The third-order valence-corrected chi connectivity index (χ3v) is 5.72. The minimum absolute atomic E-state index is 0.166. The molecule has 0 aliphatic carbocycles. The zero-order valence-corrected chi connectivity index (χ0v) is 14.9. The average Bonchev–Trinajstić information content (AvgIpc) is 2.53. The number of para-hydroxylation sites is 1. The SMILES string of the molecule is Cc1cnc2c(S(=O)(=O)N[C@@H](C)c3ccccc3Cl)cccc2c1. The zero-order valence-electron chi connectivity index (χ0n) is 13.3. The molecule has 0 saturated carbocycles. The van der Waals surface area contributed by atoms with Crippen LogP contribution in [0.15, 0.2) is 59.6 Å². The highest BCUT2D eigenvalue weighted by molar-refractivity contribution is 7.89. The Hall–Kier alpha value is -1.95. The molecule has 0 bridgehead atoms. The van der Waals surface area contributed by atoms with Crippen LogP contribution in [0.1, 0.15) is 24.1 Å². The number of aryl methyl sites for hydroxylation is 1. The van der Waals surface area contributed by atoms with Crippen LogP contribution >= 0.6 is 11.6 Å². The van der Waals surface area contributed by atoms with Gasteiger partial charge in [0.25, 0.3) is 0 Å². The van der Waals surface area contributed by atoms with Crippen molar-refractivity contribution in [3.8, 4) is 0 Å². The second-order valence-electron chi connectivity index (χ2n) is 5.71. The van der Waals surface area contributed by atoms with Crippen LogP contribution in [0.5, 0.6) is 0 Å². The number of fused-ring (bicyclic) bond motifs is 1. The van der Waals surface area contributed by atoms with Gasteiger partial charge in [-0.1, -0.05) is 41.9 Å². The number of nitrogens with zero attached hydrogens (tertiary/aromatic N) is 1. The van der Waals surface area contributed by atoms with Crippen LogP contribution in [0, 0.1) is 6.92 Å². The number of sulfonamides is 1. The molecule has 0 aliphatic heterocycles. The van der Waals surface area contributed by atoms with Gasteiger partial charge in [0.15, 0.2) is 0 Å². The van der Waals surface area contributed by atoms with E-state index < -0.39 is 16.1 Å². The Balaban J connectivity index is 2.01. The highest BCUT2D eigenvalue weighted by Crippen LogP contribution is 2.26. The predicted molar refractivity (Wildman–Crippen MR) is 96.7 cm³/mol. The van der Waals surface area contributed by atoms with Gasteiger partial charge in [-0.3, -0.25) is 4.98 Å². The number of benzene rings is 2. The van der Waals surface area contributed by atoms with E-state index >= 15 is 0 Å². The quantitative estimate of drug-likeness (QED) is 0.757. The maximum atomic E-state index is 12.8. The number of pyridine rings is 1. The normalized spacial score (nSPS) is 13.1. The first-order chi connectivity index (χ1) is 11.4. The summed E-state index contributed by atoms with van der Waals surface area (Å²) in [5.41, 5.74) is 2.17. The number of hydrogen-bond donors (Lipinski definition) is 1. The van der Waals surface area contributed by atoms with Gasteiger partial charge in [0.2, 0.25) is 10.0 Å². The summed E-state index contributed by atoms with van der Waals surface area (Å²) in [6.45, 7) is 3.69. The highest BCUT2D eigenvalue weighted by atomic mass is 35.5. The van der Waals surface area contributed by atoms with E-state index in [2.05, 4.69) is 9.71 Å². The van der Waals surface area contributed by atoms with E-state index in [4.69, 9.17) is 11.6 Å². The third-order valence-electron chi connectivity index (χ3n) is 3.80. The topological polar surface area (TPSA) is 59.1 Å². The summed E-state index contributed by atoms with van der Waals surface area (Å²) in [7, 11) is -3.74. The fourth-order valence-electron chi connectivity index (χ4n) is 2.65. The Morgan fingerprint density at radius 1 is 1.12 bits per heavy atom. The van der Waals surface area contributed by atoms with Gasteiger partial charge >= 0.3 is 0 Å². The van der Waals surface area contributed by atoms with Gasteiger partial charge in [0.1, 0.15) is 4.90 Å². The molecule has 0 spiro atoms. The maximum Gasteiger partial charge on any atom is 0.243 e. The van der Waals surface area contributed by atoms with E-state index in [0.717, 1.165) is 16.5 Å². The second kappa shape index (κ2) is 6.51. The molecule has 0 amide bonds. The molecule has 4 nitrogen and oxygen atoms in total. The zero-order chi connectivity index (χ0) is 17.3. The molecule has 1 aromatic heterocycles. The Bertz CT molecular complexity index is 1000. The smallest absolute Gasteiger partial charge is 0.243 e. The molecule has 0 saturated heterocycles. The first kappa shape index (κ1) is 16.9. The van der Waals surface area contributed by atoms with Crippen molar-refractivity contribution in [3.05, 3.63) is 70.9 Å². The minimum Gasteiger partial charge on any atom is -0.255 e. The summed E-state index contributed by atoms with van der Waals surface area (Å²) in [5.74, 6) is 0. The Labute approximate surface area is 146 Å². The molecule has 0 fully saturated rings. The summed E-state index contributed by atoms with van der Waals surface area (Å²) in [6.07, 6.45) is 1.67. The first-order valence-electron chi connectivity index (χ1n) is 7.50. The van der Waals surface area contributed by atoms with Crippen molar-refractivity contribution in [1.82, 2.24) is 9.71 Å². The standard InChI is InChI=1S/C18H17ClN2O2S/c1-12-10-14-6-5-9-17(18(14)20-11-12)24(22,23)21-13(2)15-7-3-4-8-16(15)19/h3-11,13,21H,1-2H3/t13-/m0/s1. The van der Waals surface area contributed by atoms with Gasteiger partial charge in [0.05, 0.1) is 5.52 Å². The maximum absolute atomic E-state index is 12.8. The largest absolute Gasteiger partial charge is 0.255 e. The monoisotopic (exact) mass is 360 g/mol. The summed E-state index contributed by atoms with van der Waals surface area (Å²) in [4.78, 5) is 4.46. The number of halogens is 1. The van der Waals surface area contributed by atoms with Crippen molar-refractivity contribution in [2.24, 2.45) is 0 Å². The van der Waals surface area contributed by atoms with Crippen LogP contribution in [0.25, 0.3) is 10.9 Å². The van der Waals surface area contributed by atoms with Crippen molar-refractivity contribution >= 4 is 32.5 Å². The lowest BCUT2D eigenvalue weighted by molar-refractivity contribution is 0.567. The van der Waals surface area contributed by atoms with E-state index in [0.29, 0.717) is 10.5 Å². The molecule has 1 atom stereocenters. The molecule has 6 heteroatoms. The molecule has 1 heterocycles. The highest BCUT2D eigenvalue weighted by Gasteiger charge is 2.22. The van der Waals surface area contributed by atoms with E-state index in [1.165, 1.54) is 0 Å². The molecule has 3 rings (SSSR count). The van der Waals surface area contributed by atoms with E-state index in [9.17, 15) is 8.42 Å². The number of hydrogen-bond acceptors (Lipinski definition) is 3. The van der Waals surface area contributed by atoms with Gasteiger partial charge < -0.3 is 0 Å². The number of aromatic nitrogens is 1. The molecule has 0 aliphatic rings. The molecule has 0 unspecified atom stereocenters. The minimum atomic E-state index is -3.74. The summed E-state index contributed by atoms with van der Waals surface area (Å²) in [6, 6.07) is 13.8. The summed E-state index contributed by atoms with van der Waals surface area (Å²) < 4.78 is 28.3. The molecular weight excluding hydrogens is 344 g/mol. The van der Waals surface area contributed by atoms with Crippen LogP contribution in [-0.2, 0) is 10.0 Å². The van der Waals surface area contributed by atoms with Crippen LogP contribution in [0.4, 0.5) is 0 Å².